The molecule has 0 N–H and O–H groups in total. The normalized spacial score (nSPS) is 13.7. The first-order chi connectivity index (χ1) is 12.5. The van der Waals surface area contributed by atoms with Gasteiger partial charge in [0.25, 0.3) is 5.91 Å². The molecule has 0 unspecified atom stereocenters. The van der Waals surface area contributed by atoms with Crippen molar-refractivity contribution in [2.75, 3.05) is 19.7 Å². The summed E-state index contributed by atoms with van der Waals surface area (Å²) < 4.78 is 6.58. The Hall–Kier alpha value is -1.21. The third-order valence-electron chi connectivity index (χ3n) is 3.63. The molecular weight excluding hydrogens is 459 g/mol. The van der Waals surface area contributed by atoms with Crippen molar-refractivity contribution in [2.45, 2.75) is 5.75 Å². The molecular formula is C18H15BrCl2N2O2S. The summed E-state index contributed by atoms with van der Waals surface area (Å²) >= 11 is 16.9. The van der Waals surface area contributed by atoms with Crippen LogP contribution in [0.5, 0.6) is 5.75 Å². The lowest BCUT2D eigenvalue weighted by Gasteiger charge is -2.18. The van der Waals surface area contributed by atoms with Gasteiger partial charge in [0.1, 0.15) is 5.75 Å². The Kier molecular flexibility index (Phi) is 6.86. The number of thioether (sulfide) groups is 1. The van der Waals surface area contributed by atoms with Crippen molar-refractivity contribution in [3.05, 3.63) is 62.5 Å². The Bertz CT molecular complexity index is 830. The van der Waals surface area contributed by atoms with E-state index >= 15 is 0 Å². The zero-order valence-corrected chi connectivity index (χ0v) is 17.5. The van der Waals surface area contributed by atoms with Crippen LogP contribution in [-0.4, -0.2) is 35.7 Å². The summed E-state index contributed by atoms with van der Waals surface area (Å²) in [5.41, 5.74) is 1.17. The van der Waals surface area contributed by atoms with Crippen LogP contribution in [0.3, 0.4) is 0 Å². The van der Waals surface area contributed by atoms with Gasteiger partial charge in [0.05, 0.1) is 11.6 Å². The predicted molar refractivity (Wildman–Crippen MR) is 111 cm³/mol. The Balaban J connectivity index is 1.55. The first-order valence-electron chi connectivity index (χ1n) is 7.83. The molecule has 0 bridgehead atoms. The van der Waals surface area contributed by atoms with Gasteiger partial charge in [0, 0.05) is 21.8 Å². The molecule has 1 heterocycles. The fraction of sp³-hybridized carbons (Fsp3) is 0.222. The zero-order valence-electron chi connectivity index (χ0n) is 13.6. The maximum absolute atomic E-state index is 12.5. The molecule has 0 saturated carbocycles. The number of halogens is 3. The highest BCUT2D eigenvalue weighted by molar-refractivity contribution is 9.10. The smallest absolute Gasteiger partial charge is 0.266 e. The van der Waals surface area contributed by atoms with E-state index in [1.165, 1.54) is 5.56 Å². The highest BCUT2D eigenvalue weighted by Crippen LogP contribution is 2.28. The summed E-state index contributed by atoms with van der Waals surface area (Å²) in [6.45, 7) is 1.08. The predicted octanol–water partition coefficient (Wildman–Crippen LogP) is 5.27. The number of amides is 1. The number of hydrogen-bond donors (Lipinski definition) is 0. The topological polar surface area (TPSA) is 41.9 Å². The highest BCUT2D eigenvalue weighted by atomic mass is 79.9. The van der Waals surface area contributed by atoms with E-state index in [2.05, 4.69) is 20.9 Å². The van der Waals surface area contributed by atoms with Gasteiger partial charge >= 0.3 is 0 Å². The Morgan fingerprint density at radius 3 is 2.73 bits per heavy atom. The van der Waals surface area contributed by atoms with Gasteiger partial charge in [0.2, 0.25) is 0 Å². The SMILES string of the molecule is O=C(COc1ccc(Cl)cc1Cl)N1CCN=C1SCc1ccc(Br)cc1. The van der Waals surface area contributed by atoms with E-state index in [-0.39, 0.29) is 12.5 Å². The standard InChI is InChI=1S/C18H15BrCl2N2O2S/c19-13-3-1-12(2-4-13)11-26-18-22-7-8-23(18)17(24)10-25-16-6-5-14(20)9-15(16)21/h1-6,9H,7-8,10-11H2. The third-order valence-corrected chi connectivity index (χ3v) is 5.77. The lowest BCUT2D eigenvalue weighted by molar-refractivity contribution is -0.128. The number of rotatable bonds is 5. The molecule has 1 aliphatic rings. The van der Waals surface area contributed by atoms with Crippen LogP contribution in [0.1, 0.15) is 5.56 Å². The first-order valence-corrected chi connectivity index (χ1v) is 10.4. The van der Waals surface area contributed by atoms with Crippen LogP contribution in [-0.2, 0) is 10.5 Å². The van der Waals surface area contributed by atoms with Crippen LogP contribution >= 0.6 is 50.9 Å². The maximum atomic E-state index is 12.5. The van der Waals surface area contributed by atoms with E-state index in [1.54, 1.807) is 34.9 Å². The number of carbonyl (C=O) groups excluding carboxylic acids is 1. The number of hydrogen-bond acceptors (Lipinski definition) is 4. The van der Waals surface area contributed by atoms with Gasteiger partial charge in [-0.05, 0) is 35.9 Å². The van der Waals surface area contributed by atoms with Gasteiger partial charge in [-0.2, -0.15) is 0 Å². The molecule has 1 aliphatic heterocycles. The van der Waals surface area contributed by atoms with Crippen LogP contribution in [0.2, 0.25) is 10.0 Å². The van der Waals surface area contributed by atoms with Crippen molar-refractivity contribution in [1.29, 1.82) is 0 Å². The van der Waals surface area contributed by atoms with Crippen LogP contribution in [0.4, 0.5) is 0 Å². The van der Waals surface area contributed by atoms with Gasteiger partial charge in [0.15, 0.2) is 11.8 Å². The van der Waals surface area contributed by atoms with Crippen LogP contribution in [0, 0.1) is 0 Å². The molecule has 0 saturated heterocycles. The van der Waals surface area contributed by atoms with Crippen molar-refractivity contribution in [3.63, 3.8) is 0 Å². The van der Waals surface area contributed by atoms with Crippen molar-refractivity contribution >= 4 is 62.0 Å². The average molecular weight is 474 g/mol. The number of benzene rings is 2. The summed E-state index contributed by atoms with van der Waals surface area (Å²) in [4.78, 5) is 18.6. The van der Waals surface area contributed by atoms with Gasteiger partial charge < -0.3 is 4.74 Å². The average Bonchev–Trinajstić information content (AvgIpc) is 3.09. The monoisotopic (exact) mass is 472 g/mol. The van der Waals surface area contributed by atoms with Crippen LogP contribution < -0.4 is 4.74 Å². The van der Waals surface area contributed by atoms with Gasteiger partial charge in [-0.15, -0.1) is 0 Å². The summed E-state index contributed by atoms with van der Waals surface area (Å²) in [6, 6.07) is 13.0. The molecule has 0 fully saturated rings. The van der Waals surface area contributed by atoms with Crippen molar-refractivity contribution in [2.24, 2.45) is 4.99 Å². The van der Waals surface area contributed by atoms with Crippen LogP contribution in [0.15, 0.2) is 51.9 Å². The minimum absolute atomic E-state index is 0.0980. The van der Waals surface area contributed by atoms with E-state index in [0.29, 0.717) is 28.9 Å². The van der Waals surface area contributed by atoms with E-state index in [1.807, 2.05) is 24.3 Å². The minimum Gasteiger partial charge on any atom is -0.482 e. The number of aliphatic imine (C=N–C) groups is 1. The maximum Gasteiger partial charge on any atom is 0.266 e. The number of nitrogens with zero attached hydrogens (tertiary/aromatic N) is 2. The summed E-state index contributed by atoms with van der Waals surface area (Å²) in [5, 5.41) is 1.63. The van der Waals surface area contributed by atoms with E-state index in [4.69, 9.17) is 27.9 Å². The molecule has 0 aliphatic carbocycles. The largest absolute Gasteiger partial charge is 0.482 e. The van der Waals surface area contributed by atoms with Gasteiger partial charge in [-0.3, -0.25) is 14.7 Å². The van der Waals surface area contributed by atoms with Crippen molar-refractivity contribution in [3.8, 4) is 5.75 Å². The van der Waals surface area contributed by atoms with E-state index in [0.717, 1.165) is 15.4 Å². The van der Waals surface area contributed by atoms with Gasteiger partial charge in [-0.25, -0.2) is 0 Å². The second kappa shape index (κ2) is 9.13. The molecule has 2 aromatic carbocycles. The van der Waals surface area contributed by atoms with Crippen molar-refractivity contribution < 1.29 is 9.53 Å². The molecule has 0 spiro atoms. The molecule has 1 amide bonds. The molecule has 0 aromatic heterocycles. The number of amidine groups is 1. The van der Waals surface area contributed by atoms with Gasteiger partial charge in [-0.1, -0.05) is 63.0 Å². The van der Waals surface area contributed by atoms with E-state index < -0.39 is 0 Å². The fourth-order valence-electron chi connectivity index (χ4n) is 2.32. The lowest BCUT2D eigenvalue weighted by Crippen LogP contribution is -2.36. The molecule has 8 heteroatoms. The minimum atomic E-state index is -0.143. The highest BCUT2D eigenvalue weighted by Gasteiger charge is 2.24. The molecule has 0 radical (unpaired) electrons. The molecule has 3 rings (SSSR count). The molecule has 0 atom stereocenters. The lowest BCUT2D eigenvalue weighted by atomic mass is 10.2. The van der Waals surface area contributed by atoms with E-state index in [9.17, 15) is 4.79 Å². The summed E-state index contributed by atoms with van der Waals surface area (Å²) in [6.07, 6.45) is 0. The first kappa shape index (κ1) is 19.5. The Labute approximate surface area is 174 Å². The van der Waals surface area contributed by atoms with Crippen LogP contribution in [0.25, 0.3) is 0 Å². The fourth-order valence-corrected chi connectivity index (χ4v) is 4.07. The Morgan fingerprint density at radius 2 is 2.00 bits per heavy atom. The number of carbonyl (C=O) groups is 1. The second-order valence-electron chi connectivity index (χ2n) is 5.49. The Morgan fingerprint density at radius 1 is 1.23 bits per heavy atom. The summed E-state index contributed by atoms with van der Waals surface area (Å²) in [7, 11) is 0. The number of ether oxygens (including phenoxy) is 1. The molecule has 136 valence electrons. The molecule has 2 aromatic rings. The zero-order chi connectivity index (χ0) is 18.5. The van der Waals surface area contributed by atoms with Crippen molar-refractivity contribution in [1.82, 2.24) is 4.90 Å². The molecule has 26 heavy (non-hydrogen) atoms. The molecule has 4 nitrogen and oxygen atoms in total. The second-order valence-corrected chi connectivity index (χ2v) is 8.19. The summed E-state index contributed by atoms with van der Waals surface area (Å²) in [5.74, 6) is 1.04. The quantitative estimate of drug-likeness (QED) is 0.594. The third kappa shape index (κ3) is 5.16.